The summed E-state index contributed by atoms with van der Waals surface area (Å²) in [5.41, 5.74) is 0.491. The summed E-state index contributed by atoms with van der Waals surface area (Å²) in [6.07, 6.45) is 1.25. The topological polar surface area (TPSA) is 79.8 Å². The second-order valence-electron chi connectivity index (χ2n) is 4.88. The van der Waals surface area contributed by atoms with Gasteiger partial charge in [-0.15, -0.1) is 0 Å². The highest BCUT2D eigenvalue weighted by atomic mass is 35.5. The van der Waals surface area contributed by atoms with Crippen LogP contribution in [0, 0.1) is 0 Å². The number of anilines is 1. The molecule has 0 aliphatic rings. The third-order valence-electron chi connectivity index (χ3n) is 3.20. The number of halogens is 1. The highest BCUT2D eigenvalue weighted by Crippen LogP contribution is 2.32. The summed E-state index contributed by atoms with van der Waals surface area (Å²) >= 11 is 6.14. The van der Waals surface area contributed by atoms with Crippen LogP contribution in [0.25, 0.3) is 0 Å². The monoisotopic (exact) mass is 344 g/mol. The standard InChI is InChI=1S/C16H25ClN2O4/c1-3-12(8-9-20)18-16(21)19-14-7-5-6-13(17)15(14)23-11-10-22-4-2/h5-7,12,20H,3-4,8-11H2,1-2H3,(H2,18,19,21)/t12-/m1/s1. The molecule has 1 rings (SSSR count). The van der Waals surface area contributed by atoms with E-state index >= 15 is 0 Å². The lowest BCUT2D eigenvalue weighted by molar-refractivity contribution is 0.110. The van der Waals surface area contributed by atoms with Gasteiger partial charge in [0.05, 0.1) is 17.3 Å². The molecule has 1 aromatic rings. The Hall–Kier alpha value is -1.50. The number of aliphatic hydroxyl groups is 1. The van der Waals surface area contributed by atoms with Gasteiger partial charge in [-0.25, -0.2) is 4.79 Å². The molecule has 7 heteroatoms. The van der Waals surface area contributed by atoms with Crippen molar-refractivity contribution in [3.05, 3.63) is 23.2 Å². The van der Waals surface area contributed by atoms with Crippen molar-refractivity contribution in [1.29, 1.82) is 0 Å². The molecule has 0 saturated heterocycles. The van der Waals surface area contributed by atoms with Crippen molar-refractivity contribution in [2.75, 3.05) is 31.7 Å². The number of benzene rings is 1. The number of nitrogens with one attached hydrogen (secondary N) is 2. The largest absolute Gasteiger partial charge is 0.487 e. The predicted octanol–water partition coefficient (Wildman–Crippen LogP) is 3.04. The van der Waals surface area contributed by atoms with Gasteiger partial charge in [0.1, 0.15) is 6.61 Å². The van der Waals surface area contributed by atoms with Gasteiger partial charge in [-0.05, 0) is 31.9 Å². The molecule has 0 saturated carbocycles. The summed E-state index contributed by atoms with van der Waals surface area (Å²) in [6.45, 7) is 5.29. The van der Waals surface area contributed by atoms with E-state index in [9.17, 15) is 4.79 Å². The van der Waals surface area contributed by atoms with Gasteiger partial charge in [0, 0.05) is 19.3 Å². The molecule has 0 heterocycles. The van der Waals surface area contributed by atoms with E-state index in [0.29, 0.717) is 42.7 Å². The van der Waals surface area contributed by atoms with Gasteiger partial charge in [0.2, 0.25) is 0 Å². The number of hydrogen-bond donors (Lipinski definition) is 3. The molecule has 0 radical (unpaired) electrons. The van der Waals surface area contributed by atoms with E-state index in [1.807, 2.05) is 13.8 Å². The van der Waals surface area contributed by atoms with Crippen molar-refractivity contribution in [2.24, 2.45) is 0 Å². The van der Waals surface area contributed by atoms with Gasteiger partial charge in [0.15, 0.2) is 5.75 Å². The molecule has 1 aromatic carbocycles. The first-order chi connectivity index (χ1) is 11.1. The van der Waals surface area contributed by atoms with Crippen molar-refractivity contribution in [2.45, 2.75) is 32.7 Å². The van der Waals surface area contributed by atoms with E-state index in [1.54, 1.807) is 18.2 Å². The fourth-order valence-electron chi connectivity index (χ4n) is 1.98. The molecule has 0 fully saturated rings. The molecule has 2 amide bonds. The zero-order chi connectivity index (χ0) is 17.1. The van der Waals surface area contributed by atoms with E-state index in [4.69, 9.17) is 26.2 Å². The Morgan fingerprint density at radius 1 is 1.35 bits per heavy atom. The van der Waals surface area contributed by atoms with Crippen LogP contribution < -0.4 is 15.4 Å². The first-order valence-electron chi connectivity index (χ1n) is 7.79. The molecular weight excluding hydrogens is 320 g/mol. The quantitative estimate of drug-likeness (QED) is 0.570. The van der Waals surface area contributed by atoms with E-state index < -0.39 is 0 Å². The normalized spacial score (nSPS) is 11.8. The Labute approximate surface area is 142 Å². The molecule has 0 aliphatic carbocycles. The zero-order valence-electron chi connectivity index (χ0n) is 13.6. The molecule has 6 nitrogen and oxygen atoms in total. The Balaban J connectivity index is 2.67. The van der Waals surface area contributed by atoms with Crippen molar-refractivity contribution in [1.82, 2.24) is 5.32 Å². The number of carbonyl (C=O) groups excluding carboxylic acids is 1. The Morgan fingerprint density at radius 2 is 2.13 bits per heavy atom. The lowest BCUT2D eigenvalue weighted by atomic mass is 10.2. The smallest absolute Gasteiger partial charge is 0.319 e. The minimum absolute atomic E-state index is 0.0295. The van der Waals surface area contributed by atoms with Crippen LogP contribution in [0.3, 0.4) is 0 Å². The fraction of sp³-hybridized carbons (Fsp3) is 0.562. The highest BCUT2D eigenvalue weighted by molar-refractivity contribution is 6.32. The molecule has 130 valence electrons. The zero-order valence-corrected chi connectivity index (χ0v) is 14.4. The summed E-state index contributed by atoms with van der Waals surface area (Å²) in [7, 11) is 0. The molecule has 3 N–H and O–H groups in total. The highest BCUT2D eigenvalue weighted by Gasteiger charge is 2.14. The van der Waals surface area contributed by atoms with Gasteiger partial charge in [0.25, 0.3) is 0 Å². The number of aliphatic hydroxyl groups excluding tert-OH is 1. The SMILES string of the molecule is CCOCCOc1c(Cl)cccc1NC(=O)N[C@H](CC)CCO. The average molecular weight is 345 g/mol. The maximum absolute atomic E-state index is 12.1. The van der Waals surface area contributed by atoms with Crippen molar-refractivity contribution in [3.8, 4) is 5.75 Å². The minimum atomic E-state index is -0.359. The Morgan fingerprint density at radius 3 is 2.78 bits per heavy atom. The van der Waals surface area contributed by atoms with Gasteiger partial charge in [-0.2, -0.15) is 0 Å². The van der Waals surface area contributed by atoms with Crippen LogP contribution in [-0.4, -0.2) is 43.6 Å². The molecule has 0 aliphatic heterocycles. The van der Waals surface area contributed by atoms with Crippen molar-refractivity contribution >= 4 is 23.3 Å². The van der Waals surface area contributed by atoms with Crippen molar-refractivity contribution in [3.63, 3.8) is 0 Å². The summed E-state index contributed by atoms with van der Waals surface area (Å²) in [4.78, 5) is 12.1. The number of urea groups is 1. The second kappa shape index (κ2) is 11.1. The van der Waals surface area contributed by atoms with E-state index in [2.05, 4.69) is 10.6 Å². The first kappa shape index (κ1) is 19.5. The average Bonchev–Trinajstić information content (AvgIpc) is 2.53. The van der Waals surface area contributed by atoms with E-state index in [0.717, 1.165) is 6.42 Å². The molecule has 0 bridgehead atoms. The summed E-state index contributed by atoms with van der Waals surface area (Å²) in [6, 6.07) is 4.71. The van der Waals surface area contributed by atoms with Crippen LogP contribution in [0.1, 0.15) is 26.7 Å². The van der Waals surface area contributed by atoms with Crippen LogP contribution >= 0.6 is 11.6 Å². The van der Waals surface area contributed by atoms with Crippen LogP contribution in [-0.2, 0) is 4.74 Å². The number of para-hydroxylation sites is 1. The first-order valence-corrected chi connectivity index (χ1v) is 8.17. The minimum Gasteiger partial charge on any atom is -0.487 e. The molecule has 1 atom stereocenters. The van der Waals surface area contributed by atoms with Gasteiger partial charge in [-0.3, -0.25) is 0 Å². The van der Waals surface area contributed by atoms with Gasteiger partial charge >= 0.3 is 6.03 Å². The third kappa shape index (κ3) is 7.07. The molecule has 0 unspecified atom stereocenters. The van der Waals surface area contributed by atoms with Crippen LogP contribution in [0.5, 0.6) is 5.75 Å². The summed E-state index contributed by atoms with van der Waals surface area (Å²) < 4.78 is 10.8. The Bertz CT molecular complexity index is 485. The van der Waals surface area contributed by atoms with Crippen LogP contribution in [0.15, 0.2) is 18.2 Å². The van der Waals surface area contributed by atoms with Crippen LogP contribution in [0.2, 0.25) is 5.02 Å². The summed E-state index contributed by atoms with van der Waals surface area (Å²) in [5, 5.41) is 14.9. The second-order valence-corrected chi connectivity index (χ2v) is 5.29. The van der Waals surface area contributed by atoms with E-state index in [-0.39, 0.29) is 18.7 Å². The lowest BCUT2D eigenvalue weighted by Gasteiger charge is -2.18. The maximum Gasteiger partial charge on any atom is 0.319 e. The van der Waals surface area contributed by atoms with E-state index in [1.165, 1.54) is 0 Å². The Kier molecular flexibility index (Phi) is 9.43. The fourth-order valence-corrected chi connectivity index (χ4v) is 2.21. The van der Waals surface area contributed by atoms with Crippen molar-refractivity contribution < 1.29 is 19.4 Å². The number of carbonyl (C=O) groups is 1. The molecule has 0 aromatic heterocycles. The van der Waals surface area contributed by atoms with Gasteiger partial charge in [-0.1, -0.05) is 24.6 Å². The molecule has 23 heavy (non-hydrogen) atoms. The predicted molar refractivity (Wildman–Crippen MR) is 91.4 cm³/mol. The maximum atomic E-state index is 12.1. The van der Waals surface area contributed by atoms with Gasteiger partial charge < -0.3 is 25.2 Å². The summed E-state index contributed by atoms with van der Waals surface area (Å²) in [5.74, 6) is 0.416. The number of hydrogen-bond acceptors (Lipinski definition) is 4. The molecule has 0 spiro atoms. The number of amides is 2. The third-order valence-corrected chi connectivity index (χ3v) is 3.50. The lowest BCUT2D eigenvalue weighted by Crippen LogP contribution is -2.38. The number of rotatable bonds is 10. The van der Waals surface area contributed by atoms with Crippen LogP contribution in [0.4, 0.5) is 10.5 Å². The number of ether oxygens (including phenoxy) is 2. The molecular formula is C16H25ClN2O4.